The standard InChI is InChI=1S/C13H18N4O2/c14-16-12(18)9-5-3-8(4-6-9)11-10-2-1-7-15-13(10)19-17-11/h1-2,7-9,11,17H,3-6,14H2,(H,16,18). The van der Waals surface area contributed by atoms with Crippen molar-refractivity contribution in [3.8, 4) is 5.88 Å². The van der Waals surface area contributed by atoms with Gasteiger partial charge >= 0.3 is 0 Å². The SMILES string of the molecule is NNC(=O)C1CCC(C2NOc3ncccc32)CC1. The van der Waals surface area contributed by atoms with Crippen LogP contribution in [0.2, 0.25) is 0 Å². The van der Waals surface area contributed by atoms with Crippen LogP contribution >= 0.6 is 0 Å². The molecule has 6 heteroatoms. The van der Waals surface area contributed by atoms with Crippen molar-refractivity contribution >= 4 is 5.91 Å². The fraction of sp³-hybridized carbons (Fsp3) is 0.538. The second-order valence-electron chi connectivity index (χ2n) is 5.22. The van der Waals surface area contributed by atoms with E-state index in [9.17, 15) is 4.79 Å². The van der Waals surface area contributed by atoms with Gasteiger partial charge in [-0.05, 0) is 37.7 Å². The van der Waals surface area contributed by atoms with E-state index in [1.807, 2.05) is 12.1 Å². The number of hydroxylamine groups is 1. The van der Waals surface area contributed by atoms with Gasteiger partial charge in [-0.2, -0.15) is 0 Å². The lowest BCUT2D eigenvalue weighted by Crippen LogP contribution is -2.38. The average Bonchev–Trinajstić information content (AvgIpc) is 2.90. The molecule has 0 radical (unpaired) electrons. The van der Waals surface area contributed by atoms with Crippen molar-refractivity contribution < 1.29 is 9.63 Å². The summed E-state index contributed by atoms with van der Waals surface area (Å²) in [5, 5.41) is 0. The molecular weight excluding hydrogens is 244 g/mol. The molecule has 1 aliphatic heterocycles. The first-order chi connectivity index (χ1) is 9.29. The summed E-state index contributed by atoms with van der Waals surface area (Å²) in [4.78, 5) is 21.1. The van der Waals surface area contributed by atoms with E-state index in [-0.39, 0.29) is 17.9 Å². The van der Waals surface area contributed by atoms with Gasteiger partial charge in [0.15, 0.2) is 0 Å². The second kappa shape index (κ2) is 5.14. The third kappa shape index (κ3) is 2.29. The Morgan fingerprint density at radius 2 is 2.21 bits per heavy atom. The van der Waals surface area contributed by atoms with Crippen molar-refractivity contribution in [1.29, 1.82) is 0 Å². The maximum Gasteiger partial charge on any atom is 0.242 e. The van der Waals surface area contributed by atoms with Gasteiger partial charge in [-0.1, -0.05) is 6.07 Å². The number of hydrazine groups is 1. The lowest BCUT2D eigenvalue weighted by molar-refractivity contribution is -0.126. The third-order valence-electron chi connectivity index (χ3n) is 4.17. The highest BCUT2D eigenvalue weighted by atomic mass is 16.7. The van der Waals surface area contributed by atoms with Gasteiger partial charge in [-0.15, -0.1) is 5.48 Å². The van der Waals surface area contributed by atoms with E-state index in [4.69, 9.17) is 10.7 Å². The number of nitrogens with two attached hydrogens (primary N) is 1. The number of aromatic nitrogens is 1. The number of amides is 1. The first-order valence-corrected chi connectivity index (χ1v) is 6.67. The Bertz CT molecular complexity index is 471. The van der Waals surface area contributed by atoms with Crippen LogP contribution in [0.15, 0.2) is 18.3 Å². The van der Waals surface area contributed by atoms with Crippen LogP contribution in [0, 0.1) is 11.8 Å². The highest BCUT2D eigenvalue weighted by Gasteiger charge is 2.35. The van der Waals surface area contributed by atoms with E-state index >= 15 is 0 Å². The Labute approximate surface area is 111 Å². The van der Waals surface area contributed by atoms with Gasteiger partial charge in [0.2, 0.25) is 11.8 Å². The van der Waals surface area contributed by atoms with E-state index in [1.54, 1.807) is 6.20 Å². The molecule has 1 aromatic rings. The zero-order chi connectivity index (χ0) is 13.2. The minimum Gasteiger partial charge on any atom is -0.387 e. The van der Waals surface area contributed by atoms with Crippen LogP contribution in [0.3, 0.4) is 0 Å². The first kappa shape index (κ1) is 12.4. The van der Waals surface area contributed by atoms with Gasteiger partial charge in [0.1, 0.15) is 0 Å². The maximum absolute atomic E-state index is 11.5. The van der Waals surface area contributed by atoms with E-state index in [0.717, 1.165) is 31.2 Å². The molecule has 0 aromatic carbocycles. The number of hydrogen-bond donors (Lipinski definition) is 3. The lowest BCUT2D eigenvalue weighted by atomic mass is 9.77. The van der Waals surface area contributed by atoms with Crippen molar-refractivity contribution in [2.45, 2.75) is 31.7 Å². The van der Waals surface area contributed by atoms with Crippen LogP contribution in [0.25, 0.3) is 0 Å². The molecule has 0 bridgehead atoms. The Hall–Kier alpha value is -1.66. The quantitative estimate of drug-likeness (QED) is 0.417. The predicted octanol–water partition coefficient (Wildman–Crippen LogP) is 0.816. The van der Waals surface area contributed by atoms with Gasteiger partial charge in [0.25, 0.3) is 0 Å². The summed E-state index contributed by atoms with van der Waals surface area (Å²) in [6.45, 7) is 0. The van der Waals surface area contributed by atoms with Crippen molar-refractivity contribution in [1.82, 2.24) is 15.9 Å². The van der Waals surface area contributed by atoms with E-state index < -0.39 is 0 Å². The van der Waals surface area contributed by atoms with Crippen LogP contribution in [-0.4, -0.2) is 10.9 Å². The summed E-state index contributed by atoms with van der Waals surface area (Å²) in [6.07, 6.45) is 5.47. The summed E-state index contributed by atoms with van der Waals surface area (Å²) in [5.41, 5.74) is 6.43. The van der Waals surface area contributed by atoms with Crippen molar-refractivity contribution in [2.75, 3.05) is 0 Å². The number of carbonyl (C=O) groups excluding carboxylic acids is 1. The zero-order valence-electron chi connectivity index (χ0n) is 10.6. The van der Waals surface area contributed by atoms with Gasteiger partial charge in [-0.25, -0.2) is 10.8 Å². The molecule has 19 heavy (non-hydrogen) atoms. The number of nitrogens with one attached hydrogen (secondary N) is 2. The van der Waals surface area contributed by atoms with Crippen LogP contribution < -0.4 is 21.6 Å². The smallest absolute Gasteiger partial charge is 0.242 e. The molecule has 1 saturated carbocycles. The molecule has 1 amide bonds. The predicted molar refractivity (Wildman–Crippen MR) is 68.5 cm³/mol. The molecule has 102 valence electrons. The molecule has 1 aliphatic carbocycles. The van der Waals surface area contributed by atoms with Gasteiger partial charge in [-0.3, -0.25) is 10.2 Å². The number of rotatable bonds is 2. The van der Waals surface area contributed by atoms with Crippen LogP contribution in [0.1, 0.15) is 37.3 Å². The normalized spacial score (nSPS) is 29.4. The number of nitrogens with zero attached hydrogens (tertiary/aromatic N) is 1. The third-order valence-corrected chi connectivity index (χ3v) is 4.17. The van der Waals surface area contributed by atoms with Crippen LogP contribution in [0.5, 0.6) is 5.88 Å². The molecule has 1 atom stereocenters. The Kier molecular flexibility index (Phi) is 3.35. The summed E-state index contributed by atoms with van der Waals surface area (Å²) in [7, 11) is 0. The Morgan fingerprint density at radius 1 is 1.42 bits per heavy atom. The summed E-state index contributed by atoms with van der Waals surface area (Å²) >= 11 is 0. The molecule has 2 aliphatic rings. The summed E-state index contributed by atoms with van der Waals surface area (Å²) in [6, 6.07) is 4.16. The molecule has 4 N–H and O–H groups in total. The fourth-order valence-electron chi connectivity index (χ4n) is 3.09. The number of hydrogen-bond acceptors (Lipinski definition) is 5. The molecule has 3 rings (SSSR count). The summed E-state index contributed by atoms with van der Waals surface area (Å²) < 4.78 is 0. The number of pyridine rings is 1. The minimum atomic E-state index is -0.0452. The molecule has 6 nitrogen and oxygen atoms in total. The molecule has 1 aromatic heterocycles. The van der Waals surface area contributed by atoms with E-state index in [1.165, 1.54) is 0 Å². The summed E-state index contributed by atoms with van der Waals surface area (Å²) in [5.74, 6) is 6.34. The second-order valence-corrected chi connectivity index (χ2v) is 5.22. The van der Waals surface area contributed by atoms with E-state index in [0.29, 0.717) is 11.8 Å². The largest absolute Gasteiger partial charge is 0.387 e. The highest BCUT2D eigenvalue weighted by Crippen LogP contribution is 2.41. The topological polar surface area (TPSA) is 89.3 Å². The molecule has 1 fully saturated rings. The molecule has 0 saturated heterocycles. The Morgan fingerprint density at radius 3 is 2.95 bits per heavy atom. The van der Waals surface area contributed by atoms with Gasteiger partial charge < -0.3 is 4.84 Å². The molecule has 2 heterocycles. The maximum atomic E-state index is 11.5. The van der Waals surface area contributed by atoms with E-state index in [2.05, 4.69) is 15.9 Å². The highest BCUT2D eigenvalue weighted by molar-refractivity contribution is 5.77. The fourth-order valence-corrected chi connectivity index (χ4v) is 3.09. The lowest BCUT2D eigenvalue weighted by Gasteiger charge is -2.30. The molecule has 1 unspecified atom stereocenters. The zero-order valence-corrected chi connectivity index (χ0v) is 10.6. The molecule has 0 spiro atoms. The van der Waals surface area contributed by atoms with Gasteiger partial charge in [0.05, 0.1) is 6.04 Å². The monoisotopic (exact) mass is 262 g/mol. The van der Waals surface area contributed by atoms with Crippen molar-refractivity contribution in [2.24, 2.45) is 17.7 Å². The van der Waals surface area contributed by atoms with Crippen molar-refractivity contribution in [3.05, 3.63) is 23.9 Å². The molecular formula is C13H18N4O2. The van der Waals surface area contributed by atoms with Crippen molar-refractivity contribution in [3.63, 3.8) is 0 Å². The van der Waals surface area contributed by atoms with Crippen LogP contribution in [-0.2, 0) is 4.79 Å². The van der Waals surface area contributed by atoms with Crippen LogP contribution in [0.4, 0.5) is 0 Å². The Balaban J connectivity index is 1.65. The first-order valence-electron chi connectivity index (χ1n) is 6.67. The number of fused-ring (bicyclic) bond motifs is 1. The number of carbonyl (C=O) groups is 1. The van der Waals surface area contributed by atoms with Gasteiger partial charge in [0, 0.05) is 17.7 Å². The average molecular weight is 262 g/mol. The minimum absolute atomic E-state index is 0.0452.